The smallest absolute Gasteiger partial charge is 0.137 e. The molecule has 18 heavy (non-hydrogen) atoms. The average Bonchev–Trinajstić information content (AvgIpc) is 2.28. The number of hydrogen-bond acceptors (Lipinski definition) is 3. The van der Waals surface area contributed by atoms with Gasteiger partial charge >= 0.3 is 0 Å². The van der Waals surface area contributed by atoms with Gasteiger partial charge in [0.05, 0.1) is 12.8 Å². The van der Waals surface area contributed by atoms with Crippen LogP contribution in [-0.4, -0.2) is 18.1 Å². The minimum atomic E-state index is 0.286. The number of ether oxygens (including phenoxy) is 1. The van der Waals surface area contributed by atoms with Crippen LogP contribution in [0.4, 0.5) is 0 Å². The van der Waals surface area contributed by atoms with Crippen LogP contribution in [0, 0.1) is 5.41 Å². The molecule has 3 nitrogen and oxygen atoms in total. The molecule has 0 aliphatic carbocycles. The SMILES string of the molecule is CCNC(CC(C)(C)C)c1cncc(OCC)c1. The zero-order valence-corrected chi connectivity index (χ0v) is 12.3. The van der Waals surface area contributed by atoms with Crippen molar-refractivity contribution in [3.63, 3.8) is 0 Å². The molecule has 1 aromatic rings. The Hall–Kier alpha value is -1.09. The molecule has 1 atom stereocenters. The standard InChI is InChI=1S/C15H26N2O/c1-6-17-14(9-15(3,4)5)12-8-13(18-7-2)11-16-10-12/h8,10-11,14,17H,6-7,9H2,1-5H3. The molecule has 0 spiro atoms. The maximum atomic E-state index is 5.51. The van der Waals surface area contributed by atoms with E-state index in [1.807, 2.05) is 13.1 Å². The second-order valence-corrected chi connectivity index (χ2v) is 5.76. The van der Waals surface area contributed by atoms with Gasteiger partial charge in [-0.3, -0.25) is 4.98 Å². The van der Waals surface area contributed by atoms with Gasteiger partial charge in [0.25, 0.3) is 0 Å². The summed E-state index contributed by atoms with van der Waals surface area (Å²) in [6.07, 6.45) is 4.78. The molecule has 0 aliphatic rings. The van der Waals surface area contributed by atoms with Crippen LogP contribution in [0.3, 0.4) is 0 Å². The van der Waals surface area contributed by atoms with Gasteiger partial charge in [-0.05, 0) is 36.9 Å². The summed E-state index contributed by atoms with van der Waals surface area (Å²) in [6.45, 7) is 12.5. The lowest BCUT2D eigenvalue weighted by molar-refractivity contribution is 0.310. The molecule has 0 radical (unpaired) electrons. The van der Waals surface area contributed by atoms with Gasteiger partial charge in [0.2, 0.25) is 0 Å². The number of nitrogens with one attached hydrogen (secondary N) is 1. The third-order valence-electron chi connectivity index (χ3n) is 2.71. The molecule has 0 saturated carbocycles. The lowest BCUT2D eigenvalue weighted by atomic mass is 9.86. The number of pyridine rings is 1. The monoisotopic (exact) mass is 250 g/mol. The zero-order valence-electron chi connectivity index (χ0n) is 12.3. The van der Waals surface area contributed by atoms with E-state index in [0.29, 0.717) is 12.6 Å². The highest BCUT2D eigenvalue weighted by atomic mass is 16.5. The van der Waals surface area contributed by atoms with Gasteiger partial charge in [0, 0.05) is 12.2 Å². The van der Waals surface area contributed by atoms with Crippen LogP contribution in [-0.2, 0) is 0 Å². The van der Waals surface area contributed by atoms with Crippen LogP contribution in [0.25, 0.3) is 0 Å². The first-order valence-electron chi connectivity index (χ1n) is 6.77. The van der Waals surface area contributed by atoms with Crippen molar-refractivity contribution in [2.24, 2.45) is 5.41 Å². The van der Waals surface area contributed by atoms with Gasteiger partial charge in [-0.25, -0.2) is 0 Å². The highest BCUT2D eigenvalue weighted by Gasteiger charge is 2.20. The Morgan fingerprint density at radius 1 is 1.28 bits per heavy atom. The number of rotatable bonds is 6. The van der Waals surface area contributed by atoms with Crippen LogP contribution >= 0.6 is 0 Å². The quantitative estimate of drug-likeness (QED) is 0.838. The first-order chi connectivity index (χ1) is 8.46. The van der Waals surface area contributed by atoms with Gasteiger partial charge in [-0.2, -0.15) is 0 Å². The Bertz CT molecular complexity index is 358. The van der Waals surface area contributed by atoms with Crippen molar-refractivity contribution in [1.29, 1.82) is 0 Å². The van der Waals surface area contributed by atoms with Crippen molar-refractivity contribution in [1.82, 2.24) is 10.3 Å². The average molecular weight is 250 g/mol. The summed E-state index contributed by atoms with van der Waals surface area (Å²) in [4.78, 5) is 4.27. The summed E-state index contributed by atoms with van der Waals surface area (Å²) >= 11 is 0. The highest BCUT2D eigenvalue weighted by Crippen LogP contribution is 2.30. The van der Waals surface area contributed by atoms with Crippen LogP contribution < -0.4 is 10.1 Å². The van der Waals surface area contributed by atoms with Gasteiger partial charge in [-0.15, -0.1) is 0 Å². The first-order valence-corrected chi connectivity index (χ1v) is 6.77. The molecule has 0 aromatic carbocycles. The van der Waals surface area contributed by atoms with E-state index in [9.17, 15) is 0 Å². The summed E-state index contributed by atoms with van der Waals surface area (Å²) in [5.41, 5.74) is 1.49. The van der Waals surface area contributed by atoms with E-state index in [0.717, 1.165) is 18.7 Å². The Balaban J connectivity index is 2.87. The molecule has 0 bridgehead atoms. The van der Waals surface area contributed by atoms with Crippen LogP contribution in [0.15, 0.2) is 18.5 Å². The molecule has 102 valence electrons. The molecule has 1 rings (SSSR count). The van der Waals surface area contributed by atoms with Crippen molar-refractivity contribution in [3.8, 4) is 5.75 Å². The number of nitrogens with zero attached hydrogens (tertiary/aromatic N) is 1. The number of aromatic nitrogens is 1. The van der Waals surface area contributed by atoms with Crippen molar-refractivity contribution < 1.29 is 4.74 Å². The van der Waals surface area contributed by atoms with Crippen LogP contribution in [0.2, 0.25) is 0 Å². The van der Waals surface area contributed by atoms with Crippen molar-refractivity contribution in [2.45, 2.75) is 47.1 Å². The molecule has 0 saturated heterocycles. The van der Waals surface area contributed by atoms with Crippen molar-refractivity contribution in [2.75, 3.05) is 13.2 Å². The second kappa shape index (κ2) is 6.74. The van der Waals surface area contributed by atoms with Crippen LogP contribution in [0.5, 0.6) is 5.75 Å². The normalized spacial score (nSPS) is 13.4. The molecule has 3 heteroatoms. The second-order valence-electron chi connectivity index (χ2n) is 5.76. The van der Waals surface area contributed by atoms with Gasteiger partial charge < -0.3 is 10.1 Å². The fourth-order valence-corrected chi connectivity index (χ4v) is 2.04. The van der Waals surface area contributed by atoms with E-state index in [1.165, 1.54) is 5.56 Å². The molecule has 0 aliphatic heterocycles. The fraction of sp³-hybridized carbons (Fsp3) is 0.667. The van der Waals surface area contributed by atoms with Crippen LogP contribution in [0.1, 0.15) is 52.6 Å². The van der Waals surface area contributed by atoms with Gasteiger partial charge in [-0.1, -0.05) is 27.7 Å². The van der Waals surface area contributed by atoms with E-state index in [1.54, 1.807) is 6.20 Å². The zero-order chi connectivity index (χ0) is 13.6. The van der Waals surface area contributed by atoms with E-state index >= 15 is 0 Å². The minimum absolute atomic E-state index is 0.286. The summed E-state index contributed by atoms with van der Waals surface area (Å²) < 4.78 is 5.51. The highest BCUT2D eigenvalue weighted by molar-refractivity contribution is 5.26. The molecular formula is C15H26N2O. The Morgan fingerprint density at radius 2 is 2.00 bits per heavy atom. The van der Waals surface area contributed by atoms with Gasteiger partial charge in [0.1, 0.15) is 5.75 Å². The van der Waals surface area contributed by atoms with E-state index < -0.39 is 0 Å². The third kappa shape index (κ3) is 5.05. The summed E-state index contributed by atoms with van der Waals surface area (Å²) in [7, 11) is 0. The molecule has 1 heterocycles. The molecule has 0 fully saturated rings. The predicted octanol–water partition coefficient (Wildman–Crippen LogP) is 3.57. The van der Waals surface area contributed by atoms with E-state index in [2.05, 4.69) is 44.1 Å². The Kier molecular flexibility index (Phi) is 5.60. The maximum absolute atomic E-state index is 5.51. The van der Waals surface area contributed by atoms with Crippen molar-refractivity contribution in [3.05, 3.63) is 24.0 Å². The summed E-state index contributed by atoms with van der Waals surface area (Å²) in [5, 5.41) is 3.53. The van der Waals surface area contributed by atoms with Gasteiger partial charge in [0.15, 0.2) is 0 Å². The predicted molar refractivity (Wildman–Crippen MR) is 75.9 cm³/mol. The molecule has 1 unspecified atom stereocenters. The van der Waals surface area contributed by atoms with E-state index in [4.69, 9.17) is 4.74 Å². The molecular weight excluding hydrogens is 224 g/mol. The Labute approximate surface area is 111 Å². The maximum Gasteiger partial charge on any atom is 0.137 e. The largest absolute Gasteiger partial charge is 0.492 e. The number of hydrogen-bond donors (Lipinski definition) is 1. The molecule has 1 aromatic heterocycles. The van der Waals surface area contributed by atoms with E-state index in [-0.39, 0.29) is 5.41 Å². The molecule has 0 amide bonds. The minimum Gasteiger partial charge on any atom is -0.492 e. The first kappa shape index (κ1) is 15.0. The lowest BCUT2D eigenvalue weighted by Crippen LogP contribution is -2.25. The summed E-state index contributed by atoms with van der Waals surface area (Å²) in [6, 6.07) is 2.43. The lowest BCUT2D eigenvalue weighted by Gasteiger charge is -2.27. The molecule has 1 N–H and O–H groups in total. The van der Waals surface area contributed by atoms with Crippen molar-refractivity contribution >= 4 is 0 Å². The topological polar surface area (TPSA) is 34.2 Å². The third-order valence-corrected chi connectivity index (χ3v) is 2.71. The Morgan fingerprint density at radius 3 is 2.56 bits per heavy atom. The summed E-state index contributed by atoms with van der Waals surface area (Å²) in [5.74, 6) is 0.854. The fourth-order valence-electron chi connectivity index (χ4n) is 2.04.